The molecule has 1 rings (SSSR count). The second-order valence-electron chi connectivity index (χ2n) is 7.42. The number of carbonyl (C=O) groups is 1. The van der Waals surface area contributed by atoms with E-state index >= 15 is 0 Å². The molecule has 0 radical (unpaired) electrons. The Balaban J connectivity index is 3.46. The molecule has 2 amide bonds. The van der Waals surface area contributed by atoms with Crippen LogP contribution in [0.25, 0.3) is 5.57 Å². The van der Waals surface area contributed by atoms with Gasteiger partial charge in [0, 0.05) is 41.8 Å². The van der Waals surface area contributed by atoms with E-state index in [1.807, 2.05) is 25.3 Å². The Kier molecular flexibility index (Phi) is 10.2. The first kappa shape index (κ1) is 24.5. The zero-order valence-electron chi connectivity index (χ0n) is 19.1. The van der Waals surface area contributed by atoms with E-state index in [9.17, 15) is 4.79 Å². The summed E-state index contributed by atoms with van der Waals surface area (Å²) in [5.74, 6) is 0. The van der Waals surface area contributed by atoms with Gasteiger partial charge in [0.1, 0.15) is 0 Å². The highest BCUT2D eigenvalue weighted by molar-refractivity contribution is 5.93. The highest BCUT2D eigenvalue weighted by Crippen LogP contribution is 2.37. The first-order valence-electron chi connectivity index (χ1n) is 10.4. The van der Waals surface area contributed by atoms with Gasteiger partial charge in [0.2, 0.25) is 0 Å². The molecule has 0 aliphatic heterocycles. The molecule has 29 heavy (non-hydrogen) atoms. The van der Waals surface area contributed by atoms with E-state index in [1.165, 1.54) is 5.57 Å². The fourth-order valence-corrected chi connectivity index (χ4v) is 3.53. The maximum Gasteiger partial charge on any atom is 0.319 e. The van der Waals surface area contributed by atoms with Crippen LogP contribution in [0.15, 0.2) is 42.6 Å². The second kappa shape index (κ2) is 12.1. The molecule has 1 aromatic rings. The quantitative estimate of drug-likeness (QED) is 0.363. The van der Waals surface area contributed by atoms with Crippen LogP contribution >= 0.6 is 0 Å². The smallest absolute Gasteiger partial charge is 0.319 e. The number of carbonyl (C=O) groups excluding carboxylic acids is 1. The largest absolute Gasteiger partial charge is 0.342 e. The SMILES string of the molecule is C=C/C=C(\C)N(c1ccc(NC(=O)NCCNC)c(C)c1/C(C)=C/CC)C(C)C. The van der Waals surface area contributed by atoms with Gasteiger partial charge in [-0.15, -0.1) is 0 Å². The lowest BCUT2D eigenvalue weighted by atomic mass is 9.95. The third-order valence-corrected chi connectivity index (χ3v) is 4.77. The number of allylic oxidation sites excluding steroid dienone is 5. The Morgan fingerprint density at radius 3 is 2.48 bits per heavy atom. The van der Waals surface area contributed by atoms with Gasteiger partial charge in [-0.1, -0.05) is 25.7 Å². The van der Waals surface area contributed by atoms with Gasteiger partial charge in [0.25, 0.3) is 0 Å². The highest BCUT2D eigenvalue weighted by Gasteiger charge is 2.20. The molecule has 160 valence electrons. The van der Waals surface area contributed by atoms with E-state index in [2.05, 4.69) is 81.1 Å². The maximum absolute atomic E-state index is 12.3. The molecule has 0 saturated heterocycles. The Morgan fingerprint density at radius 1 is 1.24 bits per heavy atom. The molecule has 0 fully saturated rings. The summed E-state index contributed by atoms with van der Waals surface area (Å²) in [5, 5.41) is 8.89. The van der Waals surface area contributed by atoms with Crippen molar-refractivity contribution in [1.82, 2.24) is 10.6 Å². The summed E-state index contributed by atoms with van der Waals surface area (Å²) in [6.07, 6.45) is 7.03. The van der Waals surface area contributed by atoms with E-state index in [0.29, 0.717) is 6.54 Å². The van der Waals surface area contributed by atoms with E-state index in [-0.39, 0.29) is 12.1 Å². The van der Waals surface area contributed by atoms with Crippen LogP contribution in [0.2, 0.25) is 0 Å². The molecule has 3 N–H and O–H groups in total. The van der Waals surface area contributed by atoms with Gasteiger partial charge in [-0.25, -0.2) is 4.79 Å². The minimum atomic E-state index is -0.192. The highest BCUT2D eigenvalue weighted by atomic mass is 16.2. The van der Waals surface area contributed by atoms with Crippen LogP contribution in [0.5, 0.6) is 0 Å². The van der Waals surface area contributed by atoms with Crippen molar-refractivity contribution in [3.8, 4) is 0 Å². The molecule has 0 spiro atoms. The summed E-state index contributed by atoms with van der Waals surface area (Å²) >= 11 is 0. The number of amides is 2. The van der Waals surface area contributed by atoms with Gasteiger partial charge >= 0.3 is 6.03 Å². The molecule has 0 aliphatic carbocycles. The topological polar surface area (TPSA) is 56.4 Å². The van der Waals surface area contributed by atoms with Crippen LogP contribution in [0.1, 0.15) is 52.2 Å². The molecule has 5 nitrogen and oxygen atoms in total. The van der Waals surface area contributed by atoms with Gasteiger partial charge in [-0.2, -0.15) is 0 Å². The third-order valence-electron chi connectivity index (χ3n) is 4.77. The maximum atomic E-state index is 12.3. The summed E-state index contributed by atoms with van der Waals surface area (Å²) in [4.78, 5) is 14.6. The fraction of sp³-hybridized carbons (Fsp3) is 0.458. The summed E-state index contributed by atoms with van der Waals surface area (Å²) in [7, 11) is 1.86. The van der Waals surface area contributed by atoms with Crippen molar-refractivity contribution in [2.75, 3.05) is 30.4 Å². The molecular weight excluding hydrogens is 360 g/mol. The van der Waals surface area contributed by atoms with Crippen molar-refractivity contribution >= 4 is 23.0 Å². The second-order valence-corrected chi connectivity index (χ2v) is 7.42. The zero-order chi connectivity index (χ0) is 22.0. The van der Waals surface area contributed by atoms with Crippen molar-refractivity contribution in [1.29, 1.82) is 0 Å². The number of nitrogens with zero attached hydrogens (tertiary/aromatic N) is 1. The lowest BCUT2D eigenvalue weighted by Gasteiger charge is -2.33. The number of nitrogens with one attached hydrogen (secondary N) is 3. The Labute approximate surface area is 177 Å². The van der Waals surface area contributed by atoms with Crippen LogP contribution in [0, 0.1) is 6.92 Å². The average molecular weight is 399 g/mol. The lowest BCUT2D eigenvalue weighted by molar-refractivity contribution is 0.252. The first-order valence-corrected chi connectivity index (χ1v) is 10.4. The average Bonchev–Trinajstić information content (AvgIpc) is 2.64. The summed E-state index contributed by atoms with van der Waals surface area (Å²) in [5.41, 5.74) is 6.51. The number of anilines is 2. The van der Waals surface area contributed by atoms with Crippen molar-refractivity contribution in [3.63, 3.8) is 0 Å². The van der Waals surface area contributed by atoms with Crippen LogP contribution in [-0.2, 0) is 0 Å². The number of hydrogen-bond acceptors (Lipinski definition) is 3. The summed E-state index contributed by atoms with van der Waals surface area (Å²) < 4.78 is 0. The van der Waals surface area contributed by atoms with Crippen LogP contribution in [-0.4, -0.2) is 32.2 Å². The first-order chi connectivity index (χ1) is 13.8. The Hall–Kier alpha value is -2.53. The Bertz CT molecular complexity index is 762. The normalized spacial score (nSPS) is 12.1. The minimum absolute atomic E-state index is 0.192. The predicted molar refractivity (Wildman–Crippen MR) is 128 cm³/mol. The molecular formula is C24H38N4O. The minimum Gasteiger partial charge on any atom is -0.342 e. The van der Waals surface area contributed by atoms with E-state index in [0.717, 1.165) is 41.2 Å². The molecule has 1 aromatic carbocycles. The zero-order valence-corrected chi connectivity index (χ0v) is 19.1. The number of likely N-dealkylation sites (N-methyl/N-ethyl adjacent to an activating group) is 1. The summed E-state index contributed by atoms with van der Waals surface area (Å²) in [6.45, 7) is 18.0. The molecule has 0 bridgehead atoms. The number of urea groups is 1. The molecule has 0 unspecified atom stereocenters. The number of rotatable bonds is 10. The third kappa shape index (κ3) is 6.79. The molecule has 0 atom stereocenters. The number of benzene rings is 1. The molecule has 0 aromatic heterocycles. The van der Waals surface area contributed by atoms with Gasteiger partial charge in [0.05, 0.1) is 0 Å². The lowest BCUT2D eigenvalue weighted by Crippen LogP contribution is -2.34. The molecule has 0 aliphatic rings. The van der Waals surface area contributed by atoms with Gasteiger partial charge in [0.15, 0.2) is 0 Å². The van der Waals surface area contributed by atoms with Gasteiger partial charge < -0.3 is 20.9 Å². The molecule has 5 heteroatoms. The van der Waals surface area contributed by atoms with Gasteiger partial charge in [-0.3, -0.25) is 0 Å². The van der Waals surface area contributed by atoms with Crippen LogP contribution in [0.3, 0.4) is 0 Å². The van der Waals surface area contributed by atoms with E-state index < -0.39 is 0 Å². The van der Waals surface area contributed by atoms with Gasteiger partial charge in [-0.05, 0) is 77.4 Å². The Morgan fingerprint density at radius 2 is 1.93 bits per heavy atom. The molecule has 0 heterocycles. The van der Waals surface area contributed by atoms with Crippen molar-refractivity contribution in [2.45, 2.75) is 54.0 Å². The molecule has 0 saturated carbocycles. The van der Waals surface area contributed by atoms with Crippen LogP contribution < -0.4 is 20.9 Å². The van der Waals surface area contributed by atoms with Crippen molar-refractivity contribution < 1.29 is 4.79 Å². The fourth-order valence-electron chi connectivity index (χ4n) is 3.53. The van der Waals surface area contributed by atoms with Crippen molar-refractivity contribution in [3.05, 3.63) is 53.8 Å². The van der Waals surface area contributed by atoms with Crippen LogP contribution in [0.4, 0.5) is 16.2 Å². The van der Waals surface area contributed by atoms with E-state index in [4.69, 9.17) is 0 Å². The van der Waals surface area contributed by atoms with Crippen molar-refractivity contribution in [2.24, 2.45) is 0 Å². The number of hydrogen-bond donors (Lipinski definition) is 3. The predicted octanol–water partition coefficient (Wildman–Crippen LogP) is 5.45. The monoisotopic (exact) mass is 398 g/mol. The standard InChI is InChI=1S/C24H38N4O/c1-9-11-18(5)23-20(7)21(27-24(29)26-16-15-25-8)13-14-22(23)28(17(3)4)19(6)12-10-2/h10-14,17,25H,2,9,15-16H2,1,3-8H3,(H2,26,27,29)/b18-11+,19-12+. The van der Waals surface area contributed by atoms with E-state index in [1.54, 1.807) is 0 Å². The summed E-state index contributed by atoms with van der Waals surface area (Å²) in [6, 6.07) is 4.17.